The van der Waals surface area contributed by atoms with Crippen LogP contribution in [0.25, 0.3) is 0 Å². The minimum absolute atomic E-state index is 0.169. The number of benzene rings is 1. The highest BCUT2D eigenvalue weighted by molar-refractivity contribution is 5.29. The average molecular weight is 473 g/mol. The standard InChI is InChI=1S/C30H50O2.C2H6/c1-22(2)24(5)25-17-19-28(20-18-25)32-29(31-23(3)4)21-30(6,26-13-9-7-10-14-26)27-15-11-8-12-16-27;1-2/h17-20,22-24,26-27,29H,7-16,21H2,1-6H3;1-2H3. The molecule has 2 fully saturated rings. The van der Waals surface area contributed by atoms with Crippen molar-refractivity contribution in [2.75, 3.05) is 0 Å². The quantitative estimate of drug-likeness (QED) is 0.315. The average Bonchev–Trinajstić information content (AvgIpc) is 2.86. The molecule has 0 aliphatic heterocycles. The van der Waals surface area contributed by atoms with E-state index < -0.39 is 0 Å². The van der Waals surface area contributed by atoms with E-state index in [9.17, 15) is 0 Å². The van der Waals surface area contributed by atoms with Gasteiger partial charge >= 0.3 is 0 Å². The molecule has 1 aromatic carbocycles. The van der Waals surface area contributed by atoms with Crippen LogP contribution in [0.3, 0.4) is 0 Å². The molecule has 0 amide bonds. The van der Waals surface area contributed by atoms with E-state index in [0.717, 1.165) is 24.0 Å². The summed E-state index contributed by atoms with van der Waals surface area (Å²) in [5.41, 5.74) is 1.70. The van der Waals surface area contributed by atoms with Crippen molar-refractivity contribution >= 4 is 0 Å². The Balaban J connectivity index is 0.00000199. The fourth-order valence-corrected chi connectivity index (χ4v) is 6.36. The van der Waals surface area contributed by atoms with Gasteiger partial charge in [0.05, 0.1) is 6.10 Å². The Hall–Kier alpha value is -1.02. The molecule has 3 rings (SSSR count). The van der Waals surface area contributed by atoms with Gasteiger partial charge in [-0.05, 0) is 86.3 Å². The number of rotatable bonds is 10. The van der Waals surface area contributed by atoms with Gasteiger partial charge in [-0.1, -0.05) is 92.2 Å². The Morgan fingerprint density at radius 1 is 0.765 bits per heavy atom. The van der Waals surface area contributed by atoms with Gasteiger partial charge in [-0.3, -0.25) is 0 Å². The maximum Gasteiger partial charge on any atom is 0.200 e. The van der Waals surface area contributed by atoms with Crippen LogP contribution in [0.2, 0.25) is 0 Å². The van der Waals surface area contributed by atoms with E-state index in [0.29, 0.717) is 17.3 Å². The molecular formula is C32H56O2. The zero-order valence-corrected chi connectivity index (χ0v) is 23.9. The Kier molecular flexibility index (Phi) is 12.5. The number of ether oxygens (including phenoxy) is 2. The van der Waals surface area contributed by atoms with Crippen LogP contribution in [0.1, 0.15) is 138 Å². The third kappa shape index (κ3) is 8.28. The molecule has 2 atom stereocenters. The minimum atomic E-state index is -0.169. The minimum Gasteiger partial charge on any atom is -0.465 e. The predicted molar refractivity (Wildman–Crippen MR) is 148 cm³/mol. The third-order valence-electron chi connectivity index (χ3n) is 8.78. The summed E-state index contributed by atoms with van der Waals surface area (Å²) < 4.78 is 13.0. The highest BCUT2D eigenvalue weighted by Gasteiger charge is 2.44. The first-order chi connectivity index (χ1) is 16.3. The van der Waals surface area contributed by atoms with Gasteiger partial charge in [0.1, 0.15) is 5.75 Å². The van der Waals surface area contributed by atoms with Crippen molar-refractivity contribution in [3.8, 4) is 5.75 Å². The topological polar surface area (TPSA) is 18.5 Å². The van der Waals surface area contributed by atoms with E-state index >= 15 is 0 Å². The number of hydrogen-bond acceptors (Lipinski definition) is 2. The molecule has 0 heterocycles. The van der Waals surface area contributed by atoms with Gasteiger partial charge in [-0.15, -0.1) is 0 Å². The van der Waals surface area contributed by atoms with Crippen LogP contribution in [0.5, 0.6) is 5.75 Å². The second-order valence-electron chi connectivity index (χ2n) is 11.7. The second-order valence-corrected chi connectivity index (χ2v) is 11.7. The third-order valence-corrected chi connectivity index (χ3v) is 8.78. The Morgan fingerprint density at radius 3 is 1.65 bits per heavy atom. The van der Waals surface area contributed by atoms with Crippen molar-refractivity contribution in [1.82, 2.24) is 0 Å². The summed E-state index contributed by atoms with van der Waals surface area (Å²) in [4.78, 5) is 0. The highest BCUT2D eigenvalue weighted by Crippen LogP contribution is 2.51. The van der Waals surface area contributed by atoms with Crippen LogP contribution in [0.4, 0.5) is 0 Å². The molecule has 0 N–H and O–H groups in total. The lowest BCUT2D eigenvalue weighted by Gasteiger charge is -2.48. The van der Waals surface area contributed by atoms with Crippen molar-refractivity contribution in [3.63, 3.8) is 0 Å². The SMILES string of the molecule is CC.CC(C)OC(CC(C)(C1CCCCC1)C1CCCCC1)Oc1ccc(C(C)C(C)C)cc1. The monoisotopic (exact) mass is 472 g/mol. The van der Waals surface area contributed by atoms with Crippen LogP contribution in [0, 0.1) is 23.2 Å². The molecule has 196 valence electrons. The molecule has 0 radical (unpaired) electrons. The van der Waals surface area contributed by atoms with E-state index in [-0.39, 0.29) is 12.4 Å². The molecule has 2 unspecified atom stereocenters. The highest BCUT2D eigenvalue weighted by atomic mass is 16.7. The van der Waals surface area contributed by atoms with Gasteiger partial charge in [-0.25, -0.2) is 0 Å². The zero-order valence-electron chi connectivity index (χ0n) is 23.9. The summed E-state index contributed by atoms with van der Waals surface area (Å²) in [6, 6.07) is 8.80. The van der Waals surface area contributed by atoms with Crippen molar-refractivity contribution in [1.29, 1.82) is 0 Å². The van der Waals surface area contributed by atoms with Crippen molar-refractivity contribution in [2.24, 2.45) is 23.2 Å². The summed E-state index contributed by atoms with van der Waals surface area (Å²) in [6.45, 7) is 17.8. The Bertz CT molecular complexity index is 632. The molecular weight excluding hydrogens is 416 g/mol. The second kappa shape index (κ2) is 14.5. The van der Waals surface area contributed by atoms with Crippen LogP contribution in [-0.2, 0) is 4.74 Å². The predicted octanol–water partition coefficient (Wildman–Crippen LogP) is 10.2. The van der Waals surface area contributed by atoms with Gasteiger partial charge in [0.25, 0.3) is 0 Å². The van der Waals surface area contributed by atoms with Gasteiger partial charge in [-0.2, -0.15) is 0 Å². The molecule has 0 spiro atoms. The smallest absolute Gasteiger partial charge is 0.200 e. The largest absolute Gasteiger partial charge is 0.465 e. The number of hydrogen-bond donors (Lipinski definition) is 0. The van der Waals surface area contributed by atoms with E-state index in [4.69, 9.17) is 9.47 Å². The van der Waals surface area contributed by atoms with Crippen LogP contribution in [0.15, 0.2) is 24.3 Å². The first kappa shape index (κ1) is 29.2. The first-order valence-electron chi connectivity index (χ1n) is 14.7. The summed E-state index contributed by atoms with van der Waals surface area (Å²) in [7, 11) is 0. The summed E-state index contributed by atoms with van der Waals surface area (Å²) >= 11 is 0. The lowest BCUT2D eigenvalue weighted by Crippen LogP contribution is -2.42. The van der Waals surface area contributed by atoms with Crippen LogP contribution < -0.4 is 4.74 Å². The molecule has 34 heavy (non-hydrogen) atoms. The zero-order chi connectivity index (χ0) is 25.1. The molecule has 0 aromatic heterocycles. The maximum atomic E-state index is 6.58. The fourth-order valence-electron chi connectivity index (χ4n) is 6.36. The fraction of sp³-hybridized carbons (Fsp3) is 0.812. The lowest BCUT2D eigenvalue weighted by molar-refractivity contribution is -0.146. The normalized spacial score (nSPS) is 20.1. The van der Waals surface area contributed by atoms with E-state index in [1.807, 2.05) is 13.8 Å². The molecule has 2 saturated carbocycles. The molecule has 0 bridgehead atoms. The Morgan fingerprint density at radius 2 is 1.24 bits per heavy atom. The summed E-state index contributed by atoms with van der Waals surface area (Å²) in [6.07, 6.45) is 15.0. The van der Waals surface area contributed by atoms with Gasteiger partial charge < -0.3 is 9.47 Å². The lowest BCUT2D eigenvalue weighted by atomic mass is 9.58. The van der Waals surface area contributed by atoms with Gasteiger partial charge in [0.2, 0.25) is 6.29 Å². The van der Waals surface area contributed by atoms with E-state index in [2.05, 4.69) is 65.8 Å². The van der Waals surface area contributed by atoms with Crippen molar-refractivity contribution < 1.29 is 9.47 Å². The molecule has 2 aliphatic rings. The molecule has 2 heteroatoms. The van der Waals surface area contributed by atoms with Crippen molar-refractivity contribution in [2.45, 2.75) is 144 Å². The van der Waals surface area contributed by atoms with E-state index in [1.165, 1.54) is 69.8 Å². The van der Waals surface area contributed by atoms with Crippen LogP contribution in [-0.4, -0.2) is 12.4 Å². The van der Waals surface area contributed by atoms with Crippen molar-refractivity contribution in [3.05, 3.63) is 29.8 Å². The Labute approximate surface area is 212 Å². The first-order valence-corrected chi connectivity index (χ1v) is 14.7. The summed E-state index contributed by atoms with van der Waals surface area (Å²) in [5, 5.41) is 0. The maximum absolute atomic E-state index is 6.58. The molecule has 2 aliphatic carbocycles. The van der Waals surface area contributed by atoms with E-state index in [1.54, 1.807) is 0 Å². The van der Waals surface area contributed by atoms with Gasteiger partial charge in [0.15, 0.2) is 0 Å². The summed E-state index contributed by atoms with van der Waals surface area (Å²) in [5.74, 6) is 3.79. The van der Waals surface area contributed by atoms with Crippen LogP contribution >= 0.6 is 0 Å². The molecule has 2 nitrogen and oxygen atoms in total. The molecule has 1 aromatic rings. The van der Waals surface area contributed by atoms with Gasteiger partial charge in [0, 0.05) is 6.42 Å². The molecule has 0 saturated heterocycles.